The Balaban J connectivity index is 1.29. The van der Waals surface area contributed by atoms with Gasteiger partial charge in [0, 0.05) is 30.7 Å². The number of nitrogens with zero attached hydrogens (tertiary/aromatic N) is 6. The zero-order valence-electron chi connectivity index (χ0n) is 44.3. The fourth-order valence-corrected chi connectivity index (χ4v) is 10.9. The van der Waals surface area contributed by atoms with E-state index in [1.165, 1.54) is 0 Å². The molecule has 0 amide bonds. The van der Waals surface area contributed by atoms with E-state index >= 15 is 0 Å². The number of anilines is 3. The van der Waals surface area contributed by atoms with Crippen LogP contribution in [0, 0.1) is 17.2 Å². The molecule has 1 fully saturated rings. The quantitative estimate of drug-likeness (QED) is 0.0298. The molecule has 17 heteroatoms. The van der Waals surface area contributed by atoms with Gasteiger partial charge in [-0.3, -0.25) is 4.57 Å². The Morgan fingerprint density at radius 3 is 1.88 bits per heavy atom. The molecule has 7 aromatic rings. The molecule has 75 heavy (non-hydrogen) atoms. The van der Waals surface area contributed by atoms with Gasteiger partial charge in [-0.25, -0.2) is 9.65 Å². The molecule has 1 aliphatic heterocycles. The molecule has 0 saturated carbocycles. The van der Waals surface area contributed by atoms with Crippen molar-refractivity contribution in [3.8, 4) is 29.2 Å². The highest BCUT2D eigenvalue weighted by atomic mass is 31.2. The number of methoxy groups -OCH3 is 3. The lowest BCUT2D eigenvalue weighted by molar-refractivity contribution is -0.0908. The molecule has 0 radical (unpaired) electrons. The maximum Gasteiger partial charge on any atom is 0.259 e. The van der Waals surface area contributed by atoms with Crippen LogP contribution >= 0.6 is 8.53 Å². The third kappa shape index (κ3) is 13.0. The van der Waals surface area contributed by atoms with Crippen LogP contribution in [0.15, 0.2) is 133 Å². The van der Waals surface area contributed by atoms with E-state index in [-0.39, 0.29) is 38.3 Å². The van der Waals surface area contributed by atoms with E-state index in [9.17, 15) is 5.26 Å². The molecule has 4 atom stereocenters. The van der Waals surface area contributed by atoms with Gasteiger partial charge in [-0.05, 0) is 104 Å². The zero-order chi connectivity index (χ0) is 52.9. The second-order valence-corrected chi connectivity index (χ2v) is 20.5. The minimum atomic E-state index is -1.74. The van der Waals surface area contributed by atoms with E-state index in [1.807, 2.05) is 126 Å². The van der Waals surface area contributed by atoms with Crippen molar-refractivity contribution in [2.45, 2.75) is 97.1 Å². The van der Waals surface area contributed by atoms with Crippen molar-refractivity contribution in [3.05, 3.63) is 156 Å². The first-order valence-corrected chi connectivity index (χ1v) is 26.6. The smallest absolute Gasteiger partial charge is 0.259 e. The molecule has 1 saturated heterocycles. The van der Waals surface area contributed by atoms with Crippen LogP contribution in [0.4, 0.5) is 17.6 Å². The molecule has 3 heterocycles. The van der Waals surface area contributed by atoms with E-state index in [2.05, 4.69) is 75.0 Å². The molecule has 1 aliphatic rings. The molecule has 8 rings (SSSR count). The number of nitrogens with one attached hydrogen (secondary N) is 2. The lowest BCUT2D eigenvalue weighted by Gasteiger charge is -2.39. The van der Waals surface area contributed by atoms with Crippen LogP contribution in [0.3, 0.4) is 0 Å². The van der Waals surface area contributed by atoms with Crippen LogP contribution in [-0.2, 0) is 30.7 Å². The Morgan fingerprint density at radius 1 is 0.747 bits per heavy atom. The molecule has 16 nitrogen and oxygen atoms in total. The lowest BCUT2D eigenvalue weighted by Crippen LogP contribution is -2.39. The normalized spacial score (nSPS) is 16.1. The predicted octanol–water partition coefficient (Wildman–Crippen LogP) is 12.2. The summed E-state index contributed by atoms with van der Waals surface area (Å²) in [5, 5.41) is 16.7. The zero-order valence-corrected chi connectivity index (χ0v) is 45.2. The number of fused-ring (bicyclic) bond motifs is 1. The van der Waals surface area contributed by atoms with Crippen LogP contribution in [-0.4, -0.2) is 89.6 Å². The van der Waals surface area contributed by atoms with Crippen molar-refractivity contribution in [2.75, 3.05) is 51.7 Å². The number of benzene rings is 5. The summed E-state index contributed by atoms with van der Waals surface area (Å²) in [7, 11) is 3.21. The number of rotatable bonds is 26. The van der Waals surface area contributed by atoms with Crippen LogP contribution < -0.4 is 29.6 Å². The van der Waals surface area contributed by atoms with Crippen LogP contribution in [0.2, 0.25) is 0 Å². The Hall–Kier alpha value is -6.83. The first kappa shape index (κ1) is 54.4. The summed E-state index contributed by atoms with van der Waals surface area (Å²) >= 11 is 0. The number of ether oxygens (including phenoxy) is 6. The lowest BCUT2D eigenvalue weighted by atomic mass is 9.80. The number of aromatic nitrogens is 4. The third-order valence-corrected chi connectivity index (χ3v) is 14.9. The summed E-state index contributed by atoms with van der Waals surface area (Å²) < 4.78 is 56.4. The van der Waals surface area contributed by atoms with Gasteiger partial charge in [-0.2, -0.15) is 15.2 Å². The Kier molecular flexibility index (Phi) is 18.6. The van der Waals surface area contributed by atoms with Crippen LogP contribution in [0.25, 0.3) is 11.2 Å². The summed E-state index contributed by atoms with van der Waals surface area (Å²) in [6.07, 6.45) is -1.54. The van der Waals surface area contributed by atoms with E-state index in [0.717, 1.165) is 27.9 Å². The fraction of sp³-hybridized carbons (Fsp3) is 0.379. The average Bonchev–Trinajstić information content (AvgIpc) is 4.00. The second-order valence-electron chi connectivity index (χ2n) is 19.1. The highest BCUT2D eigenvalue weighted by molar-refractivity contribution is 7.44. The molecule has 394 valence electrons. The van der Waals surface area contributed by atoms with Crippen LogP contribution in [0.5, 0.6) is 23.1 Å². The van der Waals surface area contributed by atoms with Crippen molar-refractivity contribution >= 4 is 37.3 Å². The first-order valence-electron chi connectivity index (χ1n) is 25.4. The molecular weight excluding hydrogens is 968 g/mol. The monoisotopic (exact) mass is 1040 g/mol. The topological polar surface area (TPSA) is 169 Å². The van der Waals surface area contributed by atoms with Gasteiger partial charge in [0.15, 0.2) is 11.2 Å². The Morgan fingerprint density at radius 2 is 1.32 bits per heavy atom. The van der Waals surface area contributed by atoms with Crippen molar-refractivity contribution in [3.63, 3.8) is 0 Å². The summed E-state index contributed by atoms with van der Waals surface area (Å²) in [4.78, 5) is 15.3. The predicted molar refractivity (Wildman–Crippen MR) is 293 cm³/mol. The molecule has 0 bridgehead atoms. The van der Waals surface area contributed by atoms with Crippen molar-refractivity contribution in [1.29, 1.82) is 5.26 Å². The molecule has 2 aromatic heterocycles. The van der Waals surface area contributed by atoms with E-state index < -0.39 is 32.6 Å². The first-order chi connectivity index (χ1) is 36.4. The van der Waals surface area contributed by atoms with Crippen molar-refractivity contribution < 1.29 is 37.5 Å². The van der Waals surface area contributed by atoms with Gasteiger partial charge in [0.2, 0.25) is 17.8 Å². The molecule has 5 aromatic carbocycles. The minimum absolute atomic E-state index is 0.0440. The maximum atomic E-state index is 9.65. The number of imidazole rings is 1. The van der Waals surface area contributed by atoms with E-state index in [1.54, 1.807) is 21.3 Å². The standard InChI is InChI=1S/C58H69N8O8P/c1-39(2)36-60-56-63-54-53(55(64-56)70-37-42-17-12-10-13-18-42)62-57(61-46-25-31-49(69-9)32-26-46)65(54)52-35-50(74-75(72-34-16-33-59)66(40(3)4)41(5)6)51(73-52)38-71-58(43-19-14-11-15-20-43,44-21-27-47(67-7)28-22-44)45-23-29-48(68-8)30-24-45/h10-15,17-32,39-41,50-52H,16,34-38H2,1-9H3,(H,61,62)(H,60,63,64)/t50-,51+,52+,75?/m0/s1. The third-order valence-electron chi connectivity index (χ3n) is 12.7. The summed E-state index contributed by atoms with van der Waals surface area (Å²) in [6, 6.07) is 45.9. The van der Waals surface area contributed by atoms with Gasteiger partial charge < -0.3 is 48.1 Å². The van der Waals surface area contributed by atoms with Gasteiger partial charge in [0.25, 0.3) is 8.53 Å². The average molecular weight is 1040 g/mol. The molecule has 1 unspecified atom stereocenters. The highest BCUT2D eigenvalue weighted by Gasteiger charge is 2.46. The highest BCUT2D eigenvalue weighted by Crippen LogP contribution is 2.51. The molecule has 0 spiro atoms. The van der Waals surface area contributed by atoms with E-state index in [4.69, 9.17) is 52.4 Å². The summed E-state index contributed by atoms with van der Waals surface area (Å²) in [6.45, 7) is 13.9. The number of hydrogen-bond acceptors (Lipinski definition) is 15. The van der Waals surface area contributed by atoms with Crippen molar-refractivity contribution in [2.24, 2.45) is 5.92 Å². The minimum Gasteiger partial charge on any atom is -0.497 e. The fourth-order valence-electron chi connectivity index (χ4n) is 9.13. The summed E-state index contributed by atoms with van der Waals surface area (Å²) in [5.41, 5.74) is 4.11. The number of nitriles is 1. The van der Waals surface area contributed by atoms with Gasteiger partial charge in [0.05, 0.1) is 53.1 Å². The second kappa shape index (κ2) is 25.6. The van der Waals surface area contributed by atoms with Gasteiger partial charge in [-0.15, -0.1) is 0 Å². The maximum absolute atomic E-state index is 9.65. The molecule has 0 aliphatic carbocycles. The Bertz CT molecular complexity index is 2870. The van der Waals surface area contributed by atoms with Gasteiger partial charge in [0.1, 0.15) is 41.8 Å². The number of hydrogen-bond donors (Lipinski definition) is 2. The van der Waals surface area contributed by atoms with Crippen molar-refractivity contribution in [1.82, 2.24) is 24.2 Å². The van der Waals surface area contributed by atoms with E-state index in [0.29, 0.717) is 65.1 Å². The summed E-state index contributed by atoms with van der Waals surface area (Å²) in [5.74, 6) is 3.56. The SMILES string of the molecule is COc1ccc(Nc2nc3c(OCc4ccccc4)nc(NCC(C)C)nc3n2[C@H]2C[C@H](OP(OCCC#N)N(C(C)C)C(C)C)[C@@H](COC(c3ccccc3)(c3ccc(OC)cc3)c3ccc(OC)cc3)O2)cc1. The van der Waals surface area contributed by atoms with Gasteiger partial charge in [-0.1, -0.05) is 98.8 Å². The largest absolute Gasteiger partial charge is 0.497 e. The van der Waals surface area contributed by atoms with Gasteiger partial charge >= 0.3 is 0 Å². The Labute approximate surface area is 442 Å². The van der Waals surface area contributed by atoms with Crippen LogP contribution in [0.1, 0.15) is 82.9 Å². The molecular formula is C58H69N8O8P. The molecule has 2 N–H and O–H groups in total.